The molecule has 0 spiro atoms. The Hall–Kier alpha value is -2.64. The molecule has 1 aromatic heterocycles. The van der Waals surface area contributed by atoms with Crippen LogP contribution in [0.15, 0.2) is 24.3 Å². The number of tetrazole rings is 1. The summed E-state index contributed by atoms with van der Waals surface area (Å²) in [6.07, 6.45) is 0.895. The molecule has 0 radical (unpaired) electrons. The van der Waals surface area contributed by atoms with E-state index in [-0.39, 0.29) is 13.2 Å². The van der Waals surface area contributed by atoms with Crippen molar-refractivity contribution >= 4 is 5.97 Å². The average Bonchev–Trinajstić information content (AvgIpc) is 2.99. The summed E-state index contributed by atoms with van der Waals surface area (Å²) in [7, 11) is 1.58. The number of nitrogens with zero attached hydrogens (tertiary/aromatic N) is 4. The Bertz CT molecular complexity index is 597. The Morgan fingerprint density at radius 3 is 2.64 bits per heavy atom. The number of methoxy groups -OCH3 is 1. The highest BCUT2D eigenvalue weighted by atomic mass is 16.6. The van der Waals surface area contributed by atoms with Gasteiger partial charge in [-0.15, -0.1) is 5.10 Å². The van der Waals surface area contributed by atoms with Crippen LogP contribution >= 0.6 is 0 Å². The Balaban J connectivity index is 1.76. The molecule has 1 heterocycles. The van der Waals surface area contributed by atoms with Crippen LogP contribution in [0.1, 0.15) is 19.2 Å². The van der Waals surface area contributed by atoms with Gasteiger partial charge >= 0.3 is 5.97 Å². The van der Waals surface area contributed by atoms with Gasteiger partial charge in [0.1, 0.15) is 11.5 Å². The Labute approximate surface area is 128 Å². The van der Waals surface area contributed by atoms with E-state index in [9.17, 15) is 4.79 Å². The summed E-state index contributed by atoms with van der Waals surface area (Å²) < 4.78 is 17.1. The first kappa shape index (κ1) is 15.7. The Morgan fingerprint density at radius 2 is 1.95 bits per heavy atom. The van der Waals surface area contributed by atoms with Crippen LogP contribution in [0, 0.1) is 0 Å². The second-order valence-corrected chi connectivity index (χ2v) is 4.44. The van der Waals surface area contributed by atoms with Gasteiger partial charge in [-0.1, -0.05) is 6.92 Å². The fraction of sp³-hybridized carbons (Fsp3) is 0.429. The number of carbonyl (C=O) groups excluding carboxylic acids is 1. The number of rotatable bonds is 8. The Kier molecular flexibility index (Phi) is 5.70. The fourth-order valence-corrected chi connectivity index (χ4v) is 1.71. The van der Waals surface area contributed by atoms with E-state index in [1.807, 2.05) is 6.92 Å². The number of benzene rings is 1. The third kappa shape index (κ3) is 4.44. The molecule has 0 aliphatic rings. The summed E-state index contributed by atoms with van der Waals surface area (Å²) in [5.74, 6) is 1.31. The maximum atomic E-state index is 11.7. The van der Waals surface area contributed by atoms with E-state index >= 15 is 0 Å². The van der Waals surface area contributed by atoms with Crippen LogP contribution in [-0.2, 0) is 22.7 Å². The maximum absolute atomic E-state index is 11.7. The van der Waals surface area contributed by atoms with Gasteiger partial charge < -0.3 is 14.2 Å². The minimum absolute atomic E-state index is 0.0256. The molecule has 118 valence electrons. The predicted octanol–water partition coefficient (Wildman–Crippen LogP) is 1.21. The van der Waals surface area contributed by atoms with E-state index in [0.29, 0.717) is 18.1 Å². The zero-order chi connectivity index (χ0) is 15.8. The lowest BCUT2D eigenvalue weighted by Gasteiger charge is -2.07. The van der Waals surface area contributed by atoms with Gasteiger partial charge in [-0.05, 0) is 41.1 Å². The molecule has 22 heavy (non-hydrogen) atoms. The number of hydrogen-bond acceptors (Lipinski definition) is 7. The molecule has 0 aliphatic carbocycles. The molecule has 0 saturated carbocycles. The van der Waals surface area contributed by atoms with E-state index in [4.69, 9.17) is 14.2 Å². The summed E-state index contributed by atoms with van der Waals surface area (Å²) in [5, 5.41) is 11.2. The molecule has 0 fully saturated rings. The molecule has 0 saturated heterocycles. The van der Waals surface area contributed by atoms with Crippen LogP contribution in [0.25, 0.3) is 0 Å². The van der Waals surface area contributed by atoms with Crippen LogP contribution in [0.5, 0.6) is 11.5 Å². The maximum Gasteiger partial charge on any atom is 0.344 e. The average molecular weight is 306 g/mol. The number of ether oxygens (including phenoxy) is 3. The molecular formula is C14H18N4O4. The van der Waals surface area contributed by atoms with Gasteiger partial charge in [0, 0.05) is 6.54 Å². The zero-order valence-corrected chi connectivity index (χ0v) is 12.6. The second kappa shape index (κ2) is 7.96. The standard InChI is InChI=1S/C14H18N4O4/c1-3-8-18-13(15-16-17-18)9-22-14(19)10-21-12-6-4-11(20-2)5-7-12/h4-7H,3,8-10H2,1-2H3. The van der Waals surface area contributed by atoms with Gasteiger partial charge in [0.05, 0.1) is 7.11 Å². The monoisotopic (exact) mass is 306 g/mol. The lowest BCUT2D eigenvalue weighted by atomic mass is 10.3. The first-order valence-electron chi connectivity index (χ1n) is 6.90. The highest BCUT2D eigenvalue weighted by Crippen LogP contribution is 2.16. The van der Waals surface area contributed by atoms with Crippen molar-refractivity contribution in [3.8, 4) is 11.5 Å². The quantitative estimate of drug-likeness (QED) is 0.677. The topological polar surface area (TPSA) is 88.4 Å². The zero-order valence-electron chi connectivity index (χ0n) is 12.6. The van der Waals surface area contributed by atoms with Crippen molar-refractivity contribution in [2.45, 2.75) is 26.5 Å². The van der Waals surface area contributed by atoms with Crippen LogP contribution < -0.4 is 9.47 Å². The van der Waals surface area contributed by atoms with Gasteiger partial charge in [-0.2, -0.15) is 0 Å². The summed E-state index contributed by atoms with van der Waals surface area (Å²) >= 11 is 0. The molecule has 1 aromatic carbocycles. The SMILES string of the molecule is CCCn1nnnc1COC(=O)COc1ccc(OC)cc1. The molecule has 2 rings (SSSR count). The Morgan fingerprint density at radius 1 is 1.23 bits per heavy atom. The van der Waals surface area contributed by atoms with Crippen molar-refractivity contribution in [2.75, 3.05) is 13.7 Å². The molecule has 0 aliphatic heterocycles. The van der Waals surface area contributed by atoms with Gasteiger partial charge in [-0.25, -0.2) is 9.48 Å². The third-order valence-corrected chi connectivity index (χ3v) is 2.82. The van der Waals surface area contributed by atoms with E-state index in [0.717, 1.165) is 12.2 Å². The van der Waals surface area contributed by atoms with Crippen molar-refractivity contribution in [1.82, 2.24) is 20.2 Å². The van der Waals surface area contributed by atoms with Crippen molar-refractivity contribution in [3.63, 3.8) is 0 Å². The molecule has 0 bridgehead atoms. The molecule has 0 N–H and O–H groups in total. The van der Waals surface area contributed by atoms with Crippen molar-refractivity contribution in [3.05, 3.63) is 30.1 Å². The largest absolute Gasteiger partial charge is 0.497 e. The van der Waals surface area contributed by atoms with E-state index in [2.05, 4.69) is 15.5 Å². The van der Waals surface area contributed by atoms with Gasteiger partial charge in [0.25, 0.3) is 0 Å². The molecule has 8 nitrogen and oxygen atoms in total. The number of aromatic nitrogens is 4. The lowest BCUT2D eigenvalue weighted by molar-refractivity contribution is -0.147. The molecular weight excluding hydrogens is 288 g/mol. The van der Waals surface area contributed by atoms with Crippen LogP contribution in [0.2, 0.25) is 0 Å². The second-order valence-electron chi connectivity index (χ2n) is 4.44. The summed E-state index contributed by atoms with van der Waals surface area (Å²) in [4.78, 5) is 11.7. The van der Waals surface area contributed by atoms with Gasteiger partial charge in [-0.3, -0.25) is 0 Å². The summed E-state index contributed by atoms with van der Waals surface area (Å²) in [5.41, 5.74) is 0. The van der Waals surface area contributed by atoms with Crippen molar-refractivity contribution < 1.29 is 19.0 Å². The van der Waals surface area contributed by atoms with Crippen molar-refractivity contribution in [2.24, 2.45) is 0 Å². The van der Waals surface area contributed by atoms with E-state index in [1.165, 1.54) is 0 Å². The van der Waals surface area contributed by atoms with E-state index < -0.39 is 5.97 Å². The van der Waals surface area contributed by atoms with Gasteiger partial charge in [0.2, 0.25) is 0 Å². The minimum atomic E-state index is -0.484. The highest BCUT2D eigenvalue weighted by Gasteiger charge is 2.10. The molecule has 0 amide bonds. The normalized spacial score (nSPS) is 10.3. The lowest BCUT2D eigenvalue weighted by Crippen LogP contribution is -2.16. The van der Waals surface area contributed by atoms with Gasteiger partial charge in [0.15, 0.2) is 19.0 Å². The predicted molar refractivity (Wildman–Crippen MR) is 76.4 cm³/mol. The molecule has 0 unspecified atom stereocenters. The number of esters is 1. The van der Waals surface area contributed by atoms with Crippen LogP contribution in [0.3, 0.4) is 0 Å². The van der Waals surface area contributed by atoms with Crippen molar-refractivity contribution in [1.29, 1.82) is 0 Å². The number of hydrogen-bond donors (Lipinski definition) is 0. The first-order valence-corrected chi connectivity index (χ1v) is 6.90. The van der Waals surface area contributed by atoms with Crippen LogP contribution in [-0.4, -0.2) is 39.9 Å². The molecule has 0 atom stereocenters. The first-order chi connectivity index (χ1) is 10.7. The van der Waals surface area contributed by atoms with Crippen LogP contribution in [0.4, 0.5) is 0 Å². The minimum Gasteiger partial charge on any atom is -0.497 e. The fourth-order valence-electron chi connectivity index (χ4n) is 1.71. The smallest absolute Gasteiger partial charge is 0.344 e. The number of aryl methyl sites for hydroxylation is 1. The van der Waals surface area contributed by atoms with E-state index in [1.54, 1.807) is 36.1 Å². The highest BCUT2D eigenvalue weighted by molar-refractivity contribution is 5.71. The number of carbonyl (C=O) groups is 1. The molecule has 2 aromatic rings. The summed E-state index contributed by atoms with van der Waals surface area (Å²) in [6.45, 7) is 2.54. The summed E-state index contributed by atoms with van der Waals surface area (Å²) in [6, 6.07) is 6.93. The third-order valence-electron chi connectivity index (χ3n) is 2.82. The molecule has 8 heteroatoms.